The van der Waals surface area contributed by atoms with Crippen molar-refractivity contribution in [3.63, 3.8) is 0 Å². The number of aromatic nitrogens is 3. The summed E-state index contributed by atoms with van der Waals surface area (Å²) >= 11 is 0. The molecule has 0 aromatic carbocycles. The molecule has 2 heterocycles. The standard InChI is InChI=1S/C11H13N3O2/c1-3-7(11(15)16)10-13-9-8(14(10)2)5-4-6-12-9/h4-7H,3H2,1-2H3,(H,15,16). The second kappa shape index (κ2) is 3.92. The van der Waals surface area contributed by atoms with Crippen molar-refractivity contribution < 1.29 is 9.90 Å². The van der Waals surface area contributed by atoms with E-state index in [1.807, 2.05) is 26.1 Å². The topological polar surface area (TPSA) is 68.0 Å². The second-order valence-electron chi connectivity index (χ2n) is 3.67. The van der Waals surface area contributed by atoms with Gasteiger partial charge in [-0.2, -0.15) is 0 Å². The lowest BCUT2D eigenvalue weighted by atomic mass is 10.1. The van der Waals surface area contributed by atoms with Gasteiger partial charge in [-0.1, -0.05) is 6.92 Å². The highest BCUT2D eigenvalue weighted by atomic mass is 16.4. The number of fused-ring (bicyclic) bond motifs is 1. The Labute approximate surface area is 92.8 Å². The van der Waals surface area contributed by atoms with Gasteiger partial charge in [-0.15, -0.1) is 0 Å². The van der Waals surface area contributed by atoms with Crippen LogP contribution in [-0.4, -0.2) is 25.6 Å². The minimum Gasteiger partial charge on any atom is -0.481 e. The third kappa shape index (κ3) is 1.54. The summed E-state index contributed by atoms with van der Waals surface area (Å²) in [6, 6.07) is 3.70. The fourth-order valence-corrected chi connectivity index (χ4v) is 1.82. The van der Waals surface area contributed by atoms with Crippen LogP contribution in [0.5, 0.6) is 0 Å². The van der Waals surface area contributed by atoms with E-state index in [9.17, 15) is 4.79 Å². The highest BCUT2D eigenvalue weighted by molar-refractivity contribution is 5.78. The minimum atomic E-state index is -0.846. The van der Waals surface area contributed by atoms with Crippen molar-refractivity contribution >= 4 is 17.1 Å². The van der Waals surface area contributed by atoms with Gasteiger partial charge in [0.1, 0.15) is 11.7 Å². The highest BCUT2D eigenvalue weighted by Gasteiger charge is 2.23. The molecule has 0 aliphatic heterocycles. The number of carboxylic acid groups (broad SMARTS) is 1. The number of aliphatic carboxylic acids is 1. The number of hydrogen-bond donors (Lipinski definition) is 1. The van der Waals surface area contributed by atoms with Crippen LogP contribution in [0.4, 0.5) is 0 Å². The fraction of sp³-hybridized carbons (Fsp3) is 0.364. The number of aryl methyl sites for hydroxylation is 1. The van der Waals surface area contributed by atoms with Gasteiger partial charge in [0.25, 0.3) is 0 Å². The summed E-state index contributed by atoms with van der Waals surface area (Å²) in [5.41, 5.74) is 1.46. The van der Waals surface area contributed by atoms with Crippen LogP contribution in [0.1, 0.15) is 25.1 Å². The fourth-order valence-electron chi connectivity index (χ4n) is 1.82. The molecule has 5 heteroatoms. The number of pyridine rings is 1. The zero-order chi connectivity index (χ0) is 11.7. The quantitative estimate of drug-likeness (QED) is 0.850. The number of carboxylic acids is 1. The lowest BCUT2D eigenvalue weighted by molar-refractivity contribution is -0.139. The third-order valence-electron chi connectivity index (χ3n) is 2.71. The molecule has 2 aromatic rings. The Bertz CT molecular complexity index is 533. The van der Waals surface area contributed by atoms with E-state index in [4.69, 9.17) is 5.11 Å². The van der Waals surface area contributed by atoms with Crippen molar-refractivity contribution in [2.24, 2.45) is 7.05 Å². The van der Waals surface area contributed by atoms with E-state index in [2.05, 4.69) is 9.97 Å². The molecular formula is C11H13N3O2. The van der Waals surface area contributed by atoms with Crippen molar-refractivity contribution in [2.45, 2.75) is 19.3 Å². The molecule has 0 spiro atoms. The van der Waals surface area contributed by atoms with Crippen LogP contribution >= 0.6 is 0 Å². The summed E-state index contributed by atoms with van der Waals surface area (Å²) in [5, 5.41) is 9.10. The number of rotatable bonds is 3. The number of carbonyl (C=O) groups is 1. The van der Waals surface area contributed by atoms with Gasteiger partial charge in [-0.25, -0.2) is 9.97 Å². The van der Waals surface area contributed by atoms with Crippen molar-refractivity contribution in [3.8, 4) is 0 Å². The Morgan fingerprint density at radius 3 is 2.94 bits per heavy atom. The van der Waals surface area contributed by atoms with Gasteiger partial charge in [-0.3, -0.25) is 4.79 Å². The molecule has 1 N–H and O–H groups in total. The predicted octanol–water partition coefficient (Wildman–Crippen LogP) is 1.55. The largest absolute Gasteiger partial charge is 0.481 e. The van der Waals surface area contributed by atoms with Crippen molar-refractivity contribution in [2.75, 3.05) is 0 Å². The molecule has 0 saturated carbocycles. The zero-order valence-electron chi connectivity index (χ0n) is 9.21. The van der Waals surface area contributed by atoms with E-state index in [1.54, 1.807) is 10.8 Å². The summed E-state index contributed by atoms with van der Waals surface area (Å²) in [6.45, 7) is 1.84. The number of hydrogen-bond acceptors (Lipinski definition) is 3. The van der Waals surface area contributed by atoms with Crippen molar-refractivity contribution in [1.29, 1.82) is 0 Å². The van der Waals surface area contributed by atoms with E-state index in [0.29, 0.717) is 17.9 Å². The Balaban J connectivity index is 2.60. The summed E-state index contributed by atoms with van der Waals surface area (Å²) < 4.78 is 1.80. The van der Waals surface area contributed by atoms with Crippen molar-refractivity contribution in [1.82, 2.24) is 14.5 Å². The first-order valence-electron chi connectivity index (χ1n) is 5.15. The molecule has 0 amide bonds. The molecule has 0 radical (unpaired) electrons. The predicted molar refractivity (Wildman–Crippen MR) is 59.2 cm³/mol. The Morgan fingerprint density at radius 1 is 1.62 bits per heavy atom. The molecule has 0 aliphatic rings. The first-order valence-corrected chi connectivity index (χ1v) is 5.15. The molecular weight excluding hydrogens is 206 g/mol. The SMILES string of the molecule is CCC(C(=O)O)c1nc2ncccc2n1C. The zero-order valence-corrected chi connectivity index (χ0v) is 9.21. The molecule has 16 heavy (non-hydrogen) atoms. The Hall–Kier alpha value is -1.91. The van der Waals surface area contributed by atoms with Crippen LogP contribution in [-0.2, 0) is 11.8 Å². The van der Waals surface area contributed by atoms with E-state index < -0.39 is 11.9 Å². The van der Waals surface area contributed by atoms with E-state index in [-0.39, 0.29) is 0 Å². The van der Waals surface area contributed by atoms with Crippen LogP contribution in [0.2, 0.25) is 0 Å². The van der Waals surface area contributed by atoms with Crippen LogP contribution < -0.4 is 0 Å². The summed E-state index contributed by atoms with van der Waals surface area (Å²) in [6.07, 6.45) is 2.17. The molecule has 0 bridgehead atoms. The molecule has 0 aliphatic carbocycles. The van der Waals surface area contributed by atoms with Gasteiger partial charge < -0.3 is 9.67 Å². The molecule has 1 unspecified atom stereocenters. The molecule has 84 valence electrons. The Morgan fingerprint density at radius 2 is 2.38 bits per heavy atom. The van der Waals surface area contributed by atoms with Crippen LogP contribution in [0, 0.1) is 0 Å². The Kier molecular flexibility index (Phi) is 2.60. The average molecular weight is 219 g/mol. The van der Waals surface area contributed by atoms with Crippen molar-refractivity contribution in [3.05, 3.63) is 24.2 Å². The van der Waals surface area contributed by atoms with Crippen LogP contribution in [0.25, 0.3) is 11.2 Å². The second-order valence-corrected chi connectivity index (χ2v) is 3.67. The first kappa shape index (κ1) is 10.6. The maximum atomic E-state index is 11.1. The summed E-state index contributed by atoms with van der Waals surface area (Å²) in [7, 11) is 1.82. The van der Waals surface area contributed by atoms with Gasteiger partial charge in [-0.05, 0) is 18.6 Å². The minimum absolute atomic E-state index is 0.520. The average Bonchev–Trinajstić information content (AvgIpc) is 2.58. The van der Waals surface area contributed by atoms with Gasteiger partial charge in [0.15, 0.2) is 5.65 Å². The summed E-state index contributed by atoms with van der Waals surface area (Å²) in [4.78, 5) is 19.5. The van der Waals surface area contributed by atoms with E-state index in [1.165, 1.54) is 0 Å². The van der Waals surface area contributed by atoms with E-state index in [0.717, 1.165) is 5.52 Å². The number of imidazole rings is 1. The van der Waals surface area contributed by atoms with Crippen LogP contribution in [0.3, 0.4) is 0 Å². The monoisotopic (exact) mass is 219 g/mol. The maximum Gasteiger partial charge on any atom is 0.314 e. The first-order chi connectivity index (χ1) is 7.65. The third-order valence-corrected chi connectivity index (χ3v) is 2.71. The summed E-state index contributed by atoms with van der Waals surface area (Å²) in [5.74, 6) is -0.858. The smallest absolute Gasteiger partial charge is 0.314 e. The van der Waals surface area contributed by atoms with Gasteiger partial charge in [0.05, 0.1) is 5.52 Å². The maximum absolute atomic E-state index is 11.1. The van der Waals surface area contributed by atoms with Crippen LogP contribution in [0.15, 0.2) is 18.3 Å². The molecule has 2 rings (SSSR count). The molecule has 2 aromatic heterocycles. The van der Waals surface area contributed by atoms with Gasteiger partial charge >= 0.3 is 5.97 Å². The molecule has 0 fully saturated rings. The molecule has 1 atom stereocenters. The lowest BCUT2D eigenvalue weighted by Crippen LogP contribution is -2.15. The lowest BCUT2D eigenvalue weighted by Gasteiger charge is -2.09. The van der Waals surface area contributed by atoms with E-state index >= 15 is 0 Å². The van der Waals surface area contributed by atoms with Gasteiger partial charge in [0.2, 0.25) is 0 Å². The van der Waals surface area contributed by atoms with Gasteiger partial charge in [0, 0.05) is 13.2 Å². The molecule has 5 nitrogen and oxygen atoms in total. The molecule has 0 saturated heterocycles. The highest BCUT2D eigenvalue weighted by Crippen LogP contribution is 2.22. The number of nitrogens with zero attached hydrogens (tertiary/aromatic N) is 3. The normalized spacial score (nSPS) is 12.9.